The normalized spacial score (nSPS) is 19.3. The molecule has 1 aliphatic carbocycles. The van der Waals surface area contributed by atoms with E-state index in [1.54, 1.807) is 36.7 Å². The number of aromatic nitrogens is 3. The van der Waals surface area contributed by atoms with Crippen LogP contribution in [0.3, 0.4) is 0 Å². The summed E-state index contributed by atoms with van der Waals surface area (Å²) in [6.07, 6.45) is 10.7. The molecule has 0 unspecified atom stereocenters. The third-order valence-corrected chi connectivity index (χ3v) is 9.29. The first kappa shape index (κ1) is 26.3. The van der Waals surface area contributed by atoms with Crippen LogP contribution in [0.15, 0.2) is 72.1 Å². The van der Waals surface area contributed by atoms with E-state index >= 15 is 0 Å². The van der Waals surface area contributed by atoms with Crippen LogP contribution < -0.4 is 15.4 Å². The molecule has 2 fully saturated rings. The van der Waals surface area contributed by atoms with Crippen LogP contribution in [0.2, 0.25) is 0 Å². The summed E-state index contributed by atoms with van der Waals surface area (Å²) in [5.74, 6) is 0.334. The molecule has 40 heavy (non-hydrogen) atoms. The lowest BCUT2D eigenvalue weighted by atomic mass is 9.92. The van der Waals surface area contributed by atoms with Gasteiger partial charge in [-0.2, -0.15) is 0 Å². The summed E-state index contributed by atoms with van der Waals surface area (Å²) in [6.45, 7) is 4.01. The number of benzene rings is 2. The molecule has 6 rings (SSSR count). The van der Waals surface area contributed by atoms with Gasteiger partial charge >= 0.3 is 0 Å². The van der Waals surface area contributed by atoms with Crippen molar-refractivity contribution in [3.63, 3.8) is 0 Å². The van der Waals surface area contributed by atoms with Gasteiger partial charge in [-0.1, -0.05) is 25.1 Å². The maximum atomic E-state index is 13.0. The van der Waals surface area contributed by atoms with Crippen molar-refractivity contribution in [2.24, 2.45) is 5.92 Å². The SMILES string of the molecule is CCc1cncc2ccc(NC(=O)[C@@H]3C[C@H]3c3ccc(S(=O)(=O)Nc4ncc(C5CCNCC5)cn4)cc3)cc12. The van der Waals surface area contributed by atoms with Gasteiger partial charge in [0.05, 0.1) is 4.90 Å². The number of aryl methyl sites for hydroxylation is 1. The van der Waals surface area contributed by atoms with Crippen LogP contribution in [0.5, 0.6) is 0 Å². The Balaban J connectivity index is 1.07. The zero-order valence-corrected chi connectivity index (χ0v) is 23.1. The summed E-state index contributed by atoms with van der Waals surface area (Å²) >= 11 is 0. The van der Waals surface area contributed by atoms with Crippen molar-refractivity contribution >= 4 is 38.3 Å². The van der Waals surface area contributed by atoms with Crippen LogP contribution in [-0.4, -0.2) is 42.4 Å². The van der Waals surface area contributed by atoms with E-state index in [9.17, 15) is 13.2 Å². The topological polar surface area (TPSA) is 126 Å². The average Bonchev–Trinajstić information content (AvgIpc) is 3.79. The summed E-state index contributed by atoms with van der Waals surface area (Å²) in [5.41, 5.74) is 3.88. The monoisotopic (exact) mass is 556 g/mol. The number of sulfonamides is 1. The van der Waals surface area contributed by atoms with Crippen LogP contribution in [0.1, 0.15) is 54.7 Å². The number of fused-ring (bicyclic) bond motifs is 1. The number of carbonyl (C=O) groups excluding carboxylic acids is 1. The van der Waals surface area contributed by atoms with Crippen LogP contribution in [0.4, 0.5) is 11.6 Å². The number of nitrogens with one attached hydrogen (secondary N) is 3. The largest absolute Gasteiger partial charge is 0.326 e. The quantitative estimate of drug-likeness (QED) is 0.290. The fraction of sp³-hybridized carbons (Fsp3) is 0.333. The van der Waals surface area contributed by atoms with Crippen LogP contribution in [0.25, 0.3) is 10.8 Å². The molecule has 9 nitrogen and oxygen atoms in total. The molecular formula is C30H32N6O3S. The Morgan fingerprint density at radius 2 is 1.73 bits per heavy atom. The highest BCUT2D eigenvalue weighted by Crippen LogP contribution is 2.48. The van der Waals surface area contributed by atoms with E-state index in [1.807, 2.05) is 30.6 Å². The Hall–Kier alpha value is -3.89. The third kappa shape index (κ3) is 5.55. The van der Waals surface area contributed by atoms with E-state index in [1.165, 1.54) is 0 Å². The molecule has 3 N–H and O–H groups in total. The second-order valence-corrected chi connectivity index (χ2v) is 12.2. The Kier molecular flexibility index (Phi) is 7.20. The number of anilines is 2. The predicted octanol–water partition coefficient (Wildman–Crippen LogP) is 4.60. The minimum absolute atomic E-state index is 0.0279. The maximum absolute atomic E-state index is 13.0. The molecule has 1 saturated heterocycles. The van der Waals surface area contributed by atoms with Crippen LogP contribution in [-0.2, 0) is 21.2 Å². The van der Waals surface area contributed by atoms with Gasteiger partial charge in [0, 0.05) is 41.8 Å². The third-order valence-electron chi connectivity index (χ3n) is 7.95. The smallest absolute Gasteiger partial charge is 0.264 e. The molecule has 206 valence electrons. The van der Waals surface area contributed by atoms with Gasteiger partial charge in [0.2, 0.25) is 11.9 Å². The van der Waals surface area contributed by atoms with Gasteiger partial charge in [0.15, 0.2) is 0 Å². The van der Waals surface area contributed by atoms with Crippen molar-refractivity contribution in [2.75, 3.05) is 23.1 Å². The summed E-state index contributed by atoms with van der Waals surface area (Å²) in [7, 11) is -3.84. The van der Waals surface area contributed by atoms with Gasteiger partial charge in [-0.3, -0.25) is 9.78 Å². The minimum atomic E-state index is -3.84. The Morgan fingerprint density at radius 1 is 0.975 bits per heavy atom. The number of carbonyl (C=O) groups is 1. The van der Waals surface area contributed by atoms with Gasteiger partial charge in [0.25, 0.3) is 10.0 Å². The number of piperidine rings is 1. The first-order chi connectivity index (χ1) is 19.4. The molecule has 1 aliphatic heterocycles. The Labute approximate surface area is 233 Å². The lowest BCUT2D eigenvalue weighted by Crippen LogP contribution is -2.26. The molecule has 10 heteroatoms. The molecule has 2 aromatic heterocycles. The summed E-state index contributed by atoms with van der Waals surface area (Å²) in [6, 6.07) is 12.6. The first-order valence-electron chi connectivity index (χ1n) is 13.7. The van der Waals surface area contributed by atoms with E-state index in [-0.39, 0.29) is 28.6 Å². The molecule has 1 amide bonds. The fourth-order valence-electron chi connectivity index (χ4n) is 5.50. The van der Waals surface area contributed by atoms with E-state index in [0.29, 0.717) is 5.92 Å². The van der Waals surface area contributed by atoms with E-state index in [4.69, 9.17) is 0 Å². The van der Waals surface area contributed by atoms with Gasteiger partial charge in [-0.25, -0.2) is 23.1 Å². The number of rotatable bonds is 8. The molecule has 0 spiro atoms. The molecular weight excluding hydrogens is 524 g/mol. The molecule has 2 atom stereocenters. The van der Waals surface area contributed by atoms with Crippen LogP contribution >= 0.6 is 0 Å². The highest BCUT2D eigenvalue weighted by atomic mass is 32.2. The van der Waals surface area contributed by atoms with Crippen LogP contribution in [0, 0.1) is 5.92 Å². The summed E-state index contributed by atoms with van der Waals surface area (Å²) in [5, 5.41) is 8.53. The van der Waals surface area contributed by atoms with Crippen molar-refractivity contribution in [1.82, 2.24) is 20.3 Å². The maximum Gasteiger partial charge on any atom is 0.264 e. The molecule has 0 bridgehead atoms. The van der Waals surface area contributed by atoms with Gasteiger partial charge in [-0.05, 0) is 97.0 Å². The fourth-order valence-corrected chi connectivity index (χ4v) is 6.46. The van der Waals surface area contributed by atoms with Crippen molar-refractivity contribution in [2.45, 2.75) is 49.3 Å². The second-order valence-electron chi connectivity index (χ2n) is 10.6. The Bertz CT molecular complexity index is 1630. The van der Waals surface area contributed by atoms with E-state index in [2.05, 4.69) is 37.2 Å². The minimum Gasteiger partial charge on any atom is -0.326 e. The summed E-state index contributed by atoms with van der Waals surface area (Å²) in [4.78, 5) is 25.8. The summed E-state index contributed by atoms with van der Waals surface area (Å²) < 4.78 is 28.3. The highest BCUT2D eigenvalue weighted by Gasteiger charge is 2.44. The molecule has 4 aromatic rings. The van der Waals surface area contributed by atoms with Crippen molar-refractivity contribution < 1.29 is 13.2 Å². The number of hydrogen-bond acceptors (Lipinski definition) is 7. The Morgan fingerprint density at radius 3 is 2.45 bits per heavy atom. The average molecular weight is 557 g/mol. The molecule has 2 aliphatic rings. The zero-order valence-electron chi connectivity index (χ0n) is 22.3. The lowest BCUT2D eigenvalue weighted by Gasteiger charge is -2.22. The van der Waals surface area contributed by atoms with Gasteiger partial charge in [0.1, 0.15) is 0 Å². The number of amides is 1. The molecule has 2 aromatic carbocycles. The first-order valence-corrected chi connectivity index (χ1v) is 15.2. The van der Waals surface area contributed by atoms with Crippen molar-refractivity contribution in [1.29, 1.82) is 0 Å². The number of pyridine rings is 1. The highest BCUT2D eigenvalue weighted by molar-refractivity contribution is 7.92. The molecule has 1 saturated carbocycles. The standard InChI is InChI=1S/C30H32N6O3S/c1-2-19-15-32-16-22-3-6-24(13-26(19)22)35-29(37)28-14-27(28)21-4-7-25(8-5-21)40(38,39)36-30-33-17-23(18-34-30)20-9-11-31-12-10-20/h3-8,13,15-18,20,27-28,31H,2,9-12,14H2,1H3,(H,35,37)(H,33,34,36)/t27-,28+/m0/s1. The van der Waals surface area contributed by atoms with Gasteiger partial charge < -0.3 is 10.6 Å². The van der Waals surface area contributed by atoms with Crippen molar-refractivity contribution in [3.05, 3.63) is 83.9 Å². The lowest BCUT2D eigenvalue weighted by molar-refractivity contribution is -0.117. The van der Waals surface area contributed by atoms with E-state index in [0.717, 1.165) is 71.9 Å². The number of nitrogens with zero attached hydrogens (tertiary/aromatic N) is 3. The molecule has 3 heterocycles. The van der Waals surface area contributed by atoms with Gasteiger partial charge in [-0.15, -0.1) is 0 Å². The second kappa shape index (κ2) is 10.9. The van der Waals surface area contributed by atoms with Crippen molar-refractivity contribution in [3.8, 4) is 0 Å². The predicted molar refractivity (Wildman–Crippen MR) is 155 cm³/mol. The number of hydrogen-bond donors (Lipinski definition) is 3. The zero-order chi connectivity index (χ0) is 27.7. The molecule has 0 radical (unpaired) electrons. The van der Waals surface area contributed by atoms with E-state index < -0.39 is 10.0 Å².